The lowest BCUT2D eigenvalue weighted by Crippen LogP contribution is -2.54. The van der Waals surface area contributed by atoms with E-state index in [1.807, 2.05) is 0 Å². The summed E-state index contributed by atoms with van der Waals surface area (Å²) in [6, 6.07) is 12.4. The number of rotatable bonds is 3. The van der Waals surface area contributed by atoms with Crippen molar-refractivity contribution >= 4 is 0 Å². The Morgan fingerprint density at radius 1 is 1.19 bits per heavy atom. The molecular formula is C14H20N2. The summed E-state index contributed by atoms with van der Waals surface area (Å²) in [7, 11) is 0. The molecule has 0 radical (unpaired) electrons. The zero-order chi connectivity index (χ0) is 10.8. The Bertz CT molecular complexity index is 332. The Kier molecular flexibility index (Phi) is 2.94. The highest BCUT2D eigenvalue weighted by Crippen LogP contribution is 2.26. The fourth-order valence-corrected chi connectivity index (χ4v) is 2.96. The van der Waals surface area contributed by atoms with Crippen LogP contribution in [0.1, 0.15) is 24.8 Å². The van der Waals surface area contributed by atoms with Gasteiger partial charge in [0.25, 0.3) is 0 Å². The second-order valence-corrected chi connectivity index (χ2v) is 5.01. The maximum atomic E-state index is 3.56. The topological polar surface area (TPSA) is 15.3 Å². The summed E-state index contributed by atoms with van der Waals surface area (Å²) in [6.45, 7) is 3.63. The molecule has 0 aliphatic carbocycles. The summed E-state index contributed by atoms with van der Waals surface area (Å²) in [5.74, 6) is 0. The van der Waals surface area contributed by atoms with Crippen molar-refractivity contribution in [2.24, 2.45) is 0 Å². The van der Waals surface area contributed by atoms with Gasteiger partial charge in [-0.25, -0.2) is 0 Å². The molecule has 0 aromatic heterocycles. The first kappa shape index (κ1) is 10.3. The summed E-state index contributed by atoms with van der Waals surface area (Å²) < 4.78 is 0. The van der Waals surface area contributed by atoms with Gasteiger partial charge in [0.05, 0.1) is 0 Å². The molecule has 2 aliphatic rings. The molecule has 2 saturated heterocycles. The van der Waals surface area contributed by atoms with Crippen LogP contribution >= 0.6 is 0 Å². The monoisotopic (exact) mass is 216 g/mol. The zero-order valence-electron chi connectivity index (χ0n) is 9.73. The SMILES string of the molecule is c1ccc(CN2CCCC2C2CCN2)cc1. The van der Waals surface area contributed by atoms with Crippen LogP contribution in [-0.4, -0.2) is 30.1 Å². The van der Waals surface area contributed by atoms with E-state index in [-0.39, 0.29) is 0 Å². The van der Waals surface area contributed by atoms with Crippen molar-refractivity contribution in [2.45, 2.75) is 37.9 Å². The Hall–Kier alpha value is -0.860. The molecule has 16 heavy (non-hydrogen) atoms. The second-order valence-electron chi connectivity index (χ2n) is 5.01. The van der Waals surface area contributed by atoms with Gasteiger partial charge in [-0.05, 0) is 37.9 Å². The van der Waals surface area contributed by atoms with Gasteiger partial charge in [0.15, 0.2) is 0 Å². The van der Waals surface area contributed by atoms with E-state index in [4.69, 9.17) is 0 Å². The van der Waals surface area contributed by atoms with Crippen molar-refractivity contribution in [3.05, 3.63) is 35.9 Å². The Labute approximate surface area is 97.6 Å². The molecule has 2 heterocycles. The minimum Gasteiger partial charge on any atom is -0.312 e. The lowest BCUT2D eigenvalue weighted by Gasteiger charge is -2.38. The van der Waals surface area contributed by atoms with E-state index >= 15 is 0 Å². The van der Waals surface area contributed by atoms with Crippen LogP contribution in [0.25, 0.3) is 0 Å². The van der Waals surface area contributed by atoms with Crippen LogP contribution in [-0.2, 0) is 6.54 Å². The number of nitrogens with zero attached hydrogens (tertiary/aromatic N) is 1. The predicted molar refractivity (Wildman–Crippen MR) is 66.3 cm³/mol. The second kappa shape index (κ2) is 4.56. The highest BCUT2D eigenvalue weighted by Gasteiger charge is 2.34. The number of nitrogens with one attached hydrogen (secondary N) is 1. The summed E-state index contributed by atoms with van der Waals surface area (Å²) in [6.07, 6.45) is 4.12. The summed E-state index contributed by atoms with van der Waals surface area (Å²) in [5, 5.41) is 3.56. The van der Waals surface area contributed by atoms with Gasteiger partial charge < -0.3 is 5.32 Å². The molecule has 1 aromatic carbocycles. The number of benzene rings is 1. The first-order chi connectivity index (χ1) is 7.93. The molecule has 1 aromatic rings. The van der Waals surface area contributed by atoms with Gasteiger partial charge in [0, 0.05) is 18.6 Å². The van der Waals surface area contributed by atoms with Crippen molar-refractivity contribution in [1.29, 1.82) is 0 Å². The third-order valence-corrected chi connectivity index (χ3v) is 3.97. The first-order valence-corrected chi connectivity index (χ1v) is 6.45. The predicted octanol–water partition coefficient (Wildman–Crippen LogP) is 2.01. The minimum absolute atomic E-state index is 0.770. The Morgan fingerprint density at radius 3 is 2.69 bits per heavy atom. The molecule has 2 nitrogen and oxygen atoms in total. The van der Waals surface area contributed by atoms with Crippen LogP contribution in [0.2, 0.25) is 0 Å². The van der Waals surface area contributed by atoms with Crippen LogP contribution in [0.4, 0.5) is 0 Å². The van der Waals surface area contributed by atoms with Crippen LogP contribution < -0.4 is 5.32 Å². The Morgan fingerprint density at radius 2 is 2.00 bits per heavy atom. The van der Waals surface area contributed by atoms with Crippen molar-refractivity contribution in [3.8, 4) is 0 Å². The third-order valence-electron chi connectivity index (χ3n) is 3.97. The fourth-order valence-electron chi connectivity index (χ4n) is 2.96. The molecule has 2 unspecified atom stereocenters. The highest BCUT2D eigenvalue weighted by molar-refractivity contribution is 5.15. The van der Waals surface area contributed by atoms with Crippen LogP contribution in [0, 0.1) is 0 Å². The van der Waals surface area contributed by atoms with Gasteiger partial charge in [0.1, 0.15) is 0 Å². The Balaban J connectivity index is 1.65. The summed E-state index contributed by atoms with van der Waals surface area (Å²) in [4.78, 5) is 2.66. The average Bonchev–Trinajstić information content (AvgIpc) is 2.66. The molecule has 2 aliphatic heterocycles. The molecule has 0 spiro atoms. The molecule has 2 fully saturated rings. The third kappa shape index (κ3) is 2.00. The average molecular weight is 216 g/mol. The highest BCUT2D eigenvalue weighted by atomic mass is 15.2. The molecule has 0 bridgehead atoms. The van der Waals surface area contributed by atoms with E-state index in [0.717, 1.165) is 18.6 Å². The van der Waals surface area contributed by atoms with Crippen molar-refractivity contribution in [3.63, 3.8) is 0 Å². The molecule has 2 heteroatoms. The molecule has 2 atom stereocenters. The van der Waals surface area contributed by atoms with E-state index in [0.29, 0.717) is 0 Å². The molecule has 86 valence electrons. The van der Waals surface area contributed by atoms with Gasteiger partial charge in [-0.2, -0.15) is 0 Å². The largest absolute Gasteiger partial charge is 0.312 e. The van der Waals surface area contributed by atoms with E-state index in [1.165, 1.54) is 37.9 Å². The fraction of sp³-hybridized carbons (Fsp3) is 0.571. The molecule has 1 N–H and O–H groups in total. The maximum Gasteiger partial charge on any atom is 0.0253 e. The maximum absolute atomic E-state index is 3.56. The lowest BCUT2D eigenvalue weighted by molar-refractivity contribution is 0.160. The van der Waals surface area contributed by atoms with Gasteiger partial charge in [-0.3, -0.25) is 4.90 Å². The quantitative estimate of drug-likeness (QED) is 0.831. The number of likely N-dealkylation sites (tertiary alicyclic amines) is 1. The lowest BCUT2D eigenvalue weighted by atomic mass is 9.96. The van der Waals surface area contributed by atoms with Crippen LogP contribution in [0.3, 0.4) is 0 Å². The molecular weight excluding hydrogens is 196 g/mol. The van der Waals surface area contributed by atoms with Gasteiger partial charge in [0.2, 0.25) is 0 Å². The summed E-state index contributed by atoms with van der Waals surface area (Å²) >= 11 is 0. The van der Waals surface area contributed by atoms with E-state index in [1.54, 1.807) is 0 Å². The number of hydrogen-bond acceptors (Lipinski definition) is 2. The molecule has 0 saturated carbocycles. The van der Waals surface area contributed by atoms with Crippen LogP contribution in [0.15, 0.2) is 30.3 Å². The van der Waals surface area contributed by atoms with Crippen molar-refractivity contribution in [1.82, 2.24) is 10.2 Å². The minimum atomic E-state index is 0.770. The van der Waals surface area contributed by atoms with E-state index < -0.39 is 0 Å². The first-order valence-electron chi connectivity index (χ1n) is 6.45. The van der Waals surface area contributed by atoms with Gasteiger partial charge in [-0.15, -0.1) is 0 Å². The summed E-state index contributed by atoms with van der Waals surface area (Å²) in [5.41, 5.74) is 1.45. The van der Waals surface area contributed by atoms with Gasteiger partial charge >= 0.3 is 0 Å². The number of hydrogen-bond donors (Lipinski definition) is 1. The van der Waals surface area contributed by atoms with E-state index in [9.17, 15) is 0 Å². The standard InChI is InChI=1S/C14H20N2/c1-2-5-12(6-3-1)11-16-10-4-7-14(16)13-8-9-15-13/h1-3,5-6,13-15H,4,7-11H2. The van der Waals surface area contributed by atoms with E-state index in [2.05, 4.69) is 40.5 Å². The van der Waals surface area contributed by atoms with Crippen LogP contribution in [0.5, 0.6) is 0 Å². The van der Waals surface area contributed by atoms with Crippen molar-refractivity contribution in [2.75, 3.05) is 13.1 Å². The van der Waals surface area contributed by atoms with Crippen molar-refractivity contribution < 1.29 is 0 Å². The molecule has 0 amide bonds. The zero-order valence-corrected chi connectivity index (χ0v) is 9.73. The van der Waals surface area contributed by atoms with Gasteiger partial charge in [-0.1, -0.05) is 30.3 Å². The normalized spacial score (nSPS) is 30.2. The smallest absolute Gasteiger partial charge is 0.0253 e. The molecule has 3 rings (SSSR count).